The van der Waals surface area contributed by atoms with Gasteiger partial charge in [-0.15, -0.1) is 11.3 Å². The van der Waals surface area contributed by atoms with E-state index in [-0.39, 0.29) is 5.41 Å². The fraction of sp³-hybridized carbons (Fsp3) is 0.211. The quantitative estimate of drug-likeness (QED) is 0.430. The number of furan rings is 1. The molecule has 2 aromatic carbocycles. The predicted octanol–water partition coefficient (Wildman–Crippen LogP) is 6.01. The number of fused-ring (bicyclic) bond motifs is 3. The van der Waals surface area contributed by atoms with Crippen LogP contribution in [0.1, 0.15) is 26.3 Å². The minimum absolute atomic E-state index is 0.130. The Balaban J connectivity index is 1.99. The molecule has 0 saturated heterocycles. The van der Waals surface area contributed by atoms with Crippen LogP contribution in [-0.4, -0.2) is 4.98 Å². The van der Waals surface area contributed by atoms with Crippen molar-refractivity contribution in [1.82, 2.24) is 4.98 Å². The zero-order chi connectivity index (χ0) is 15.3. The molecular weight excluding hydrogens is 290 g/mol. The van der Waals surface area contributed by atoms with Gasteiger partial charge in [-0.25, -0.2) is 4.98 Å². The third kappa shape index (κ3) is 2.13. The van der Waals surface area contributed by atoms with Crippen LogP contribution in [0.25, 0.3) is 32.5 Å². The molecule has 4 rings (SSSR count). The number of hydrogen-bond donors (Lipinski definition) is 0. The Morgan fingerprint density at radius 3 is 2.36 bits per heavy atom. The zero-order valence-corrected chi connectivity index (χ0v) is 13.7. The molecule has 0 radical (unpaired) electrons. The van der Waals surface area contributed by atoms with Gasteiger partial charge in [0.1, 0.15) is 16.2 Å². The van der Waals surface area contributed by atoms with Gasteiger partial charge in [0.15, 0.2) is 0 Å². The molecule has 0 amide bonds. The molecule has 0 spiro atoms. The van der Waals surface area contributed by atoms with Crippen molar-refractivity contribution >= 4 is 33.3 Å². The van der Waals surface area contributed by atoms with Crippen molar-refractivity contribution in [3.8, 4) is 10.6 Å². The maximum absolute atomic E-state index is 5.98. The van der Waals surface area contributed by atoms with Gasteiger partial charge in [-0.3, -0.25) is 0 Å². The maximum atomic E-state index is 5.98. The van der Waals surface area contributed by atoms with Crippen LogP contribution >= 0.6 is 11.3 Å². The first-order chi connectivity index (χ1) is 10.5. The van der Waals surface area contributed by atoms with E-state index in [1.165, 1.54) is 10.9 Å². The Morgan fingerprint density at radius 2 is 1.68 bits per heavy atom. The van der Waals surface area contributed by atoms with Crippen molar-refractivity contribution in [3.63, 3.8) is 0 Å². The molecule has 22 heavy (non-hydrogen) atoms. The Hall–Kier alpha value is -2.13. The number of nitrogens with zero attached hydrogens (tertiary/aromatic N) is 1. The first-order valence-electron chi connectivity index (χ1n) is 7.39. The molecule has 0 aliphatic heterocycles. The van der Waals surface area contributed by atoms with Gasteiger partial charge in [0.2, 0.25) is 0 Å². The highest BCUT2D eigenvalue weighted by molar-refractivity contribution is 7.13. The lowest BCUT2D eigenvalue weighted by Crippen LogP contribution is -2.10. The summed E-state index contributed by atoms with van der Waals surface area (Å²) in [5.41, 5.74) is 4.47. The average Bonchev–Trinajstić information content (AvgIpc) is 3.12. The van der Waals surface area contributed by atoms with Crippen LogP contribution in [-0.2, 0) is 5.41 Å². The Kier molecular flexibility index (Phi) is 2.88. The van der Waals surface area contributed by atoms with Gasteiger partial charge in [-0.1, -0.05) is 26.8 Å². The van der Waals surface area contributed by atoms with Crippen molar-refractivity contribution < 1.29 is 4.42 Å². The molecule has 2 aromatic heterocycles. The van der Waals surface area contributed by atoms with Gasteiger partial charge in [0.25, 0.3) is 0 Å². The number of rotatable bonds is 1. The monoisotopic (exact) mass is 307 g/mol. The van der Waals surface area contributed by atoms with E-state index in [1.807, 2.05) is 17.6 Å². The summed E-state index contributed by atoms with van der Waals surface area (Å²) in [5.74, 6) is 0. The van der Waals surface area contributed by atoms with Crippen molar-refractivity contribution in [2.24, 2.45) is 0 Å². The summed E-state index contributed by atoms with van der Waals surface area (Å²) in [4.78, 5) is 4.40. The van der Waals surface area contributed by atoms with E-state index in [9.17, 15) is 0 Å². The number of thiazole rings is 1. The van der Waals surface area contributed by atoms with E-state index in [2.05, 4.69) is 56.1 Å². The highest BCUT2D eigenvalue weighted by Crippen LogP contribution is 2.35. The van der Waals surface area contributed by atoms with Gasteiger partial charge in [0.05, 0.1) is 0 Å². The van der Waals surface area contributed by atoms with Crippen molar-refractivity contribution in [2.45, 2.75) is 26.2 Å². The Bertz CT molecular complexity index is 958. The number of hydrogen-bond acceptors (Lipinski definition) is 3. The SMILES string of the molecule is CC(C)(C)c1ccc2oc3ccc(-c4nccs4)cc3c2c1. The van der Waals surface area contributed by atoms with E-state index in [1.54, 1.807) is 11.3 Å². The largest absolute Gasteiger partial charge is 0.456 e. The van der Waals surface area contributed by atoms with Crippen molar-refractivity contribution in [3.05, 3.63) is 53.5 Å². The van der Waals surface area contributed by atoms with E-state index in [4.69, 9.17) is 4.42 Å². The molecule has 0 fully saturated rings. The molecule has 0 unspecified atom stereocenters. The summed E-state index contributed by atoms with van der Waals surface area (Å²) >= 11 is 1.66. The fourth-order valence-electron chi connectivity index (χ4n) is 2.74. The van der Waals surface area contributed by atoms with Crippen LogP contribution in [0.5, 0.6) is 0 Å². The normalized spacial score (nSPS) is 12.3. The molecular formula is C19H17NOS. The molecule has 3 heteroatoms. The third-order valence-electron chi connectivity index (χ3n) is 4.01. The van der Waals surface area contributed by atoms with E-state index >= 15 is 0 Å². The molecule has 0 saturated carbocycles. The first-order valence-corrected chi connectivity index (χ1v) is 8.27. The second kappa shape index (κ2) is 4.68. The average molecular weight is 307 g/mol. The summed E-state index contributed by atoms with van der Waals surface area (Å²) in [5, 5.41) is 5.39. The van der Waals surface area contributed by atoms with Gasteiger partial charge >= 0.3 is 0 Å². The molecule has 0 bridgehead atoms. The Labute approximate surface area is 133 Å². The molecule has 0 aliphatic carbocycles. The first kappa shape index (κ1) is 13.5. The Morgan fingerprint density at radius 1 is 0.955 bits per heavy atom. The lowest BCUT2D eigenvalue weighted by atomic mass is 9.86. The molecule has 2 heterocycles. The van der Waals surface area contributed by atoms with Crippen LogP contribution in [0.2, 0.25) is 0 Å². The lowest BCUT2D eigenvalue weighted by Gasteiger charge is -2.18. The van der Waals surface area contributed by atoms with Crippen molar-refractivity contribution in [1.29, 1.82) is 0 Å². The van der Waals surface area contributed by atoms with Crippen LogP contribution in [0.3, 0.4) is 0 Å². The molecule has 0 aliphatic rings. The molecule has 4 aromatic rings. The molecule has 0 N–H and O–H groups in total. The second-order valence-corrected chi connectivity index (χ2v) is 7.51. The lowest BCUT2D eigenvalue weighted by molar-refractivity contribution is 0.590. The fourth-order valence-corrected chi connectivity index (χ4v) is 3.38. The van der Waals surface area contributed by atoms with Gasteiger partial charge in [-0.2, -0.15) is 0 Å². The van der Waals surface area contributed by atoms with E-state index in [0.29, 0.717) is 0 Å². The minimum atomic E-state index is 0.130. The molecule has 0 atom stereocenters. The molecule has 110 valence electrons. The number of benzene rings is 2. The van der Waals surface area contributed by atoms with Crippen LogP contribution in [0.15, 0.2) is 52.4 Å². The number of aromatic nitrogens is 1. The van der Waals surface area contributed by atoms with Crippen LogP contribution in [0.4, 0.5) is 0 Å². The third-order valence-corrected chi connectivity index (χ3v) is 4.84. The predicted molar refractivity (Wildman–Crippen MR) is 93.5 cm³/mol. The summed E-state index contributed by atoms with van der Waals surface area (Å²) in [6, 6.07) is 12.8. The smallest absolute Gasteiger partial charge is 0.135 e. The highest BCUT2D eigenvalue weighted by atomic mass is 32.1. The van der Waals surface area contributed by atoms with Gasteiger partial charge in [-0.05, 0) is 41.3 Å². The summed E-state index contributed by atoms with van der Waals surface area (Å²) in [6.45, 7) is 6.70. The van der Waals surface area contributed by atoms with E-state index in [0.717, 1.165) is 27.1 Å². The van der Waals surface area contributed by atoms with Crippen LogP contribution in [0, 0.1) is 0 Å². The summed E-state index contributed by atoms with van der Waals surface area (Å²) in [6.07, 6.45) is 1.84. The van der Waals surface area contributed by atoms with E-state index < -0.39 is 0 Å². The highest BCUT2D eigenvalue weighted by Gasteiger charge is 2.16. The molecule has 2 nitrogen and oxygen atoms in total. The minimum Gasteiger partial charge on any atom is -0.456 e. The zero-order valence-electron chi connectivity index (χ0n) is 12.9. The van der Waals surface area contributed by atoms with Crippen molar-refractivity contribution in [2.75, 3.05) is 0 Å². The topological polar surface area (TPSA) is 26.0 Å². The van der Waals surface area contributed by atoms with Gasteiger partial charge < -0.3 is 4.42 Å². The van der Waals surface area contributed by atoms with Gasteiger partial charge in [0, 0.05) is 27.9 Å². The summed E-state index contributed by atoms with van der Waals surface area (Å²) < 4.78 is 5.98. The maximum Gasteiger partial charge on any atom is 0.135 e. The standard InChI is InChI=1S/C19H17NOS/c1-19(2,3)13-5-7-17-15(11-13)14-10-12(4-6-16(14)21-17)18-20-8-9-22-18/h4-11H,1-3H3. The van der Waals surface area contributed by atoms with Crippen LogP contribution < -0.4 is 0 Å². The summed E-state index contributed by atoms with van der Waals surface area (Å²) in [7, 11) is 0. The second-order valence-electron chi connectivity index (χ2n) is 6.61.